The lowest BCUT2D eigenvalue weighted by Crippen LogP contribution is -2.50. The molecule has 0 bridgehead atoms. The van der Waals surface area contributed by atoms with Gasteiger partial charge in [-0.3, -0.25) is 24.6 Å². The first-order valence-electron chi connectivity index (χ1n) is 26.8. The van der Waals surface area contributed by atoms with Gasteiger partial charge in [-0.1, -0.05) is 49.6 Å². The number of fused-ring (bicyclic) bond motifs is 1. The maximum Gasteiger partial charge on any atom is 0.229 e. The predicted octanol–water partition coefficient (Wildman–Crippen LogP) is 8.07. The number of carbonyl (C=O) groups is 3. The molecule has 76 heavy (non-hydrogen) atoms. The molecular formula is C59H80N8O9. The van der Waals surface area contributed by atoms with Crippen LogP contribution in [-0.2, 0) is 39.0 Å². The van der Waals surface area contributed by atoms with Crippen LogP contribution in [0.3, 0.4) is 0 Å². The number of benzene rings is 3. The van der Waals surface area contributed by atoms with Crippen LogP contribution >= 0.6 is 0 Å². The van der Waals surface area contributed by atoms with Crippen molar-refractivity contribution in [2.45, 2.75) is 83.9 Å². The average molecular weight is 1050 g/mol. The second-order valence-corrected chi connectivity index (χ2v) is 21.1. The lowest BCUT2D eigenvalue weighted by Gasteiger charge is -2.34. The number of ether oxygens (including phenoxy) is 5. The van der Waals surface area contributed by atoms with Crippen LogP contribution in [-0.4, -0.2) is 142 Å². The summed E-state index contributed by atoms with van der Waals surface area (Å²) in [6.45, 7) is 26.9. The van der Waals surface area contributed by atoms with Gasteiger partial charge in [0.25, 0.3) is 0 Å². The third-order valence-electron chi connectivity index (χ3n) is 13.8. The Morgan fingerprint density at radius 3 is 2.05 bits per heavy atom. The number of hydrogen-bond donors (Lipinski definition) is 6. The fourth-order valence-electron chi connectivity index (χ4n) is 10.1. The predicted molar refractivity (Wildman–Crippen MR) is 297 cm³/mol. The monoisotopic (exact) mass is 1040 g/mol. The summed E-state index contributed by atoms with van der Waals surface area (Å²) in [7, 11) is 0. The van der Waals surface area contributed by atoms with Crippen molar-refractivity contribution < 1.29 is 43.2 Å². The minimum absolute atomic E-state index is 0.0588. The highest BCUT2D eigenvalue weighted by Crippen LogP contribution is 2.45. The number of nitrogens with one attached hydrogen (secondary N) is 5. The Morgan fingerprint density at radius 1 is 0.776 bits per heavy atom. The zero-order chi connectivity index (χ0) is 54.1. The molecule has 0 amide bonds. The summed E-state index contributed by atoms with van der Waals surface area (Å²) in [5.74, 6) is 0.267. The van der Waals surface area contributed by atoms with Crippen molar-refractivity contribution in [1.29, 1.82) is 0 Å². The minimum Gasteiger partial charge on any atom is -0.385 e. The van der Waals surface area contributed by atoms with E-state index in [-0.39, 0.29) is 29.3 Å². The molecule has 3 aliphatic rings. The number of anilines is 5. The smallest absolute Gasteiger partial charge is 0.229 e. The molecule has 2 heterocycles. The highest BCUT2D eigenvalue weighted by molar-refractivity contribution is 6.19. The number of carbonyl (C=O) groups excluding carboxylic acids is 3. The molecule has 1 saturated heterocycles. The summed E-state index contributed by atoms with van der Waals surface area (Å²) in [6, 6.07) is 21.9. The summed E-state index contributed by atoms with van der Waals surface area (Å²) in [5.41, 5.74) is 6.93. The normalized spacial score (nSPS) is 18.1. The molecule has 0 spiro atoms. The van der Waals surface area contributed by atoms with Gasteiger partial charge in [-0.25, -0.2) is 4.98 Å². The Balaban J connectivity index is 0.659. The Kier molecular flexibility index (Phi) is 21.3. The van der Waals surface area contributed by atoms with E-state index in [1.54, 1.807) is 13.1 Å². The molecule has 7 rings (SSSR count). The van der Waals surface area contributed by atoms with Crippen molar-refractivity contribution >= 4 is 51.8 Å². The van der Waals surface area contributed by atoms with E-state index < -0.39 is 17.6 Å². The van der Waals surface area contributed by atoms with E-state index >= 15 is 0 Å². The van der Waals surface area contributed by atoms with E-state index in [0.717, 1.165) is 66.2 Å². The molecule has 1 aromatic heterocycles. The quantitative estimate of drug-likeness (QED) is 0.0166. The Morgan fingerprint density at radius 2 is 1.41 bits per heavy atom. The third-order valence-corrected chi connectivity index (χ3v) is 13.8. The molecule has 17 nitrogen and oxygen atoms in total. The van der Waals surface area contributed by atoms with Gasteiger partial charge in [0.1, 0.15) is 23.1 Å². The second-order valence-electron chi connectivity index (χ2n) is 21.1. The topological polar surface area (TPSA) is 207 Å². The van der Waals surface area contributed by atoms with E-state index in [2.05, 4.69) is 73.9 Å². The van der Waals surface area contributed by atoms with Crippen molar-refractivity contribution in [3.63, 3.8) is 0 Å². The molecule has 410 valence electrons. The van der Waals surface area contributed by atoms with Gasteiger partial charge in [0.2, 0.25) is 5.95 Å². The highest BCUT2D eigenvalue weighted by Gasteiger charge is 2.45. The fourth-order valence-corrected chi connectivity index (χ4v) is 10.1. The standard InChI is InChI=1S/C59H80N8O9/c1-40-38-62-57(65-56(40)63-47-11-8-10-45(36-47)59(7,71)66-58(4,5)6)64-46-16-14-43(15-17-46)44-20-24-67(25-21-44)39-41(2)60-22-26-72-28-30-74-32-34-76-35-33-75-31-29-73-27-23-61-51-13-9-12-49-42(3)53(55(70)54(49)51)50-19-18-48(68)37-52(50)69/h8-17,36,38,44,50,53,60-61,66,71H,2-3,18-35,37,39H2,1,4-7H3,(H2,62,63,64,65). The van der Waals surface area contributed by atoms with E-state index in [9.17, 15) is 19.5 Å². The van der Waals surface area contributed by atoms with Gasteiger partial charge >= 0.3 is 0 Å². The number of aromatic nitrogens is 2. The number of rotatable bonds is 30. The van der Waals surface area contributed by atoms with E-state index in [4.69, 9.17) is 28.7 Å². The van der Waals surface area contributed by atoms with Crippen LogP contribution in [0.1, 0.15) is 98.3 Å². The van der Waals surface area contributed by atoms with Gasteiger partial charge in [0.05, 0.1) is 78.4 Å². The molecule has 3 unspecified atom stereocenters. The molecule has 2 aliphatic carbocycles. The van der Waals surface area contributed by atoms with Crippen molar-refractivity contribution in [2.24, 2.45) is 11.8 Å². The molecular weight excluding hydrogens is 965 g/mol. The molecule has 17 heteroatoms. The number of ketones is 3. The molecule has 1 saturated carbocycles. The van der Waals surface area contributed by atoms with Crippen LogP contribution in [0.2, 0.25) is 0 Å². The van der Waals surface area contributed by atoms with Crippen molar-refractivity contribution in [2.75, 3.05) is 115 Å². The van der Waals surface area contributed by atoms with E-state index in [0.29, 0.717) is 127 Å². The zero-order valence-electron chi connectivity index (χ0n) is 45.3. The van der Waals surface area contributed by atoms with Crippen LogP contribution < -0.4 is 26.6 Å². The average Bonchev–Trinajstić information content (AvgIpc) is 3.64. The first-order valence-corrected chi connectivity index (χ1v) is 26.8. The second kappa shape index (κ2) is 27.9. The Hall–Kier alpha value is -5.89. The maximum atomic E-state index is 13.5. The van der Waals surface area contributed by atoms with Gasteiger partial charge in [-0.05, 0) is 120 Å². The highest BCUT2D eigenvalue weighted by atomic mass is 16.6. The van der Waals surface area contributed by atoms with Gasteiger partial charge in [-0.2, -0.15) is 4.98 Å². The van der Waals surface area contributed by atoms with Crippen LogP contribution in [0.25, 0.3) is 5.57 Å². The first kappa shape index (κ1) is 57.8. The molecule has 3 aromatic carbocycles. The molecule has 0 radical (unpaired) electrons. The third kappa shape index (κ3) is 17.1. The van der Waals surface area contributed by atoms with Crippen LogP contribution in [0.15, 0.2) is 91.8 Å². The Labute approximate surface area is 449 Å². The van der Waals surface area contributed by atoms with Crippen molar-refractivity contribution in [3.05, 3.63) is 120 Å². The van der Waals surface area contributed by atoms with E-state index in [1.165, 1.54) is 5.56 Å². The van der Waals surface area contributed by atoms with Crippen molar-refractivity contribution in [3.8, 4) is 0 Å². The van der Waals surface area contributed by atoms with Crippen LogP contribution in [0.5, 0.6) is 0 Å². The Bertz CT molecular complexity index is 2590. The van der Waals surface area contributed by atoms with Crippen LogP contribution in [0.4, 0.5) is 28.8 Å². The van der Waals surface area contributed by atoms with Gasteiger partial charge in [0.15, 0.2) is 5.78 Å². The van der Waals surface area contributed by atoms with Crippen molar-refractivity contribution in [1.82, 2.24) is 25.5 Å². The van der Waals surface area contributed by atoms with Gasteiger partial charge in [-0.15, -0.1) is 0 Å². The van der Waals surface area contributed by atoms with E-state index in [1.807, 2.05) is 70.2 Å². The molecule has 3 atom stereocenters. The summed E-state index contributed by atoms with van der Waals surface area (Å²) in [4.78, 5) is 49.6. The fraction of sp³-hybridized carbons (Fsp3) is 0.508. The first-order chi connectivity index (χ1) is 36.5. The summed E-state index contributed by atoms with van der Waals surface area (Å²) < 4.78 is 28.3. The summed E-state index contributed by atoms with van der Waals surface area (Å²) >= 11 is 0. The largest absolute Gasteiger partial charge is 0.385 e. The van der Waals surface area contributed by atoms with Gasteiger partial charge in [0, 0.05) is 83.2 Å². The minimum atomic E-state index is -1.20. The number of Topliss-reactive ketones (excluding diaryl/α,β-unsaturated/α-hetero) is 3. The lowest BCUT2D eigenvalue weighted by molar-refractivity contribution is -0.133. The summed E-state index contributed by atoms with van der Waals surface area (Å²) in [5, 5.41) is 27.9. The number of allylic oxidation sites excluding steroid dienone is 1. The SMILES string of the molecule is C=C(CN1CCC(c2ccc(Nc3ncc(C)c(Nc4cccc(C(C)(O)NC(C)(C)C)c4)n3)cc2)CC1)NCCOCCOCCOCCOCCOCCNc1cccc2c1C(=O)C(C1CCC(=O)CC1=O)C2=C. The summed E-state index contributed by atoms with van der Waals surface area (Å²) in [6.07, 6.45) is 4.59. The maximum absolute atomic E-state index is 13.5. The number of likely N-dealkylation sites (tertiary alicyclic amines) is 1. The number of piperidine rings is 1. The molecule has 2 fully saturated rings. The molecule has 4 aromatic rings. The number of hydrogen-bond acceptors (Lipinski definition) is 17. The molecule has 6 N–H and O–H groups in total. The van der Waals surface area contributed by atoms with Gasteiger partial charge < -0.3 is 50.1 Å². The number of nitrogens with zero attached hydrogens (tertiary/aromatic N) is 3. The number of aryl methyl sites for hydroxylation is 1. The number of aliphatic hydroxyl groups is 1. The molecule has 1 aliphatic heterocycles. The zero-order valence-corrected chi connectivity index (χ0v) is 45.3. The lowest BCUT2D eigenvalue weighted by atomic mass is 9.75. The van der Waals surface area contributed by atoms with Crippen LogP contribution in [0, 0.1) is 18.8 Å².